The maximum Gasteiger partial charge on any atom is 0.317 e. The van der Waals surface area contributed by atoms with E-state index in [0.717, 1.165) is 18.7 Å². The van der Waals surface area contributed by atoms with Gasteiger partial charge in [0.2, 0.25) is 0 Å². The van der Waals surface area contributed by atoms with E-state index < -0.39 is 0 Å². The first-order valence-electron chi connectivity index (χ1n) is 9.29. The Labute approximate surface area is 155 Å². The highest BCUT2D eigenvalue weighted by Gasteiger charge is 2.26. The first-order valence-corrected chi connectivity index (χ1v) is 9.29. The molecule has 1 N–H and O–H groups in total. The van der Waals surface area contributed by atoms with E-state index in [4.69, 9.17) is 14.2 Å². The lowest BCUT2D eigenvalue weighted by Crippen LogP contribution is -2.48. The molecule has 7 heteroatoms. The number of carbonyl (C=O) groups is 1. The van der Waals surface area contributed by atoms with Crippen LogP contribution in [0.25, 0.3) is 0 Å². The molecule has 144 valence electrons. The summed E-state index contributed by atoms with van der Waals surface area (Å²) in [6.07, 6.45) is 2.39. The van der Waals surface area contributed by atoms with E-state index in [2.05, 4.69) is 16.3 Å². The van der Waals surface area contributed by atoms with Gasteiger partial charge in [0, 0.05) is 19.6 Å². The van der Waals surface area contributed by atoms with E-state index in [1.54, 1.807) is 14.2 Å². The molecule has 0 spiro atoms. The molecule has 3 rings (SSSR count). The minimum absolute atomic E-state index is 0.0158. The number of nitrogens with one attached hydrogen (secondary N) is 1. The second-order valence-corrected chi connectivity index (χ2v) is 6.66. The third-order valence-electron chi connectivity index (χ3n) is 5.12. The molecule has 0 bridgehead atoms. The maximum absolute atomic E-state index is 12.5. The molecule has 0 aliphatic carbocycles. The number of hydrogen-bond donors (Lipinski definition) is 1. The predicted octanol–water partition coefficient (Wildman–Crippen LogP) is 1.88. The highest BCUT2D eigenvalue weighted by Crippen LogP contribution is 2.33. The van der Waals surface area contributed by atoms with Gasteiger partial charge in [-0.1, -0.05) is 6.07 Å². The van der Waals surface area contributed by atoms with E-state index in [0.29, 0.717) is 44.3 Å². The number of morpholine rings is 1. The van der Waals surface area contributed by atoms with Gasteiger partial charge in [-0.3, -0.25) is 4.90 Å². The summed E-state index contributed by atoms with van der Waals surface area (Å²) in [5.41, 5.74) is 1.13. The molecule has 1 aromatic carbocycles. The van der Waals surface area contributed by atoms with Crippen molar-refractivity contribution >= 4 is 6.03 Å². The molecule has 2 aliphatic rings. The van der Waals surface area contributed by atoms with Crippen LogP contribution in [0.15, 0.2) is 18.2 Å². The fourth-order valence-corrected chi connectivity index (χ4v) is 3.63. The summed E-state index contributed by atoms with van der Waals surface area (Å²) < 4.78 is 16.1. The Balaban J connectivity index is 1.71. The van der Waals surface area contributed by atoms with E-state index in [-0.39, 0.29) is 12.1 Å². The molecular weight excluding hydrogens is 334 g/mol. The second-order valence-electron chi connectivity index (χ2n) is 6.66. The Kier molecular flexibility index (Phi) is 6.57. The summed E-state index contributed by atoms with van der Waals surface area (Å²) in [7, 11) is 3.28. The zero-order valence-electron chi connectivity index (χ0n) is 15.7. The Hall–Kier alpha value is -1.99. The molecule has 1 unspecified atom stereocenters. The van der Waals surface area contributed by atoms with Crippen molar-refractivity contribution in [1.82, 2.24) is 15.1 Å². The van der Waals surface area contributed by atoms with Gasteiger partial charge in [0.05, 0.1) is 33.5 Å². The van der Waals surface area contributed by atoms with E-state index in [1.807, 2.05) is 17.0 Å². The molecule has 1 atom stereocenters. The quantitative estimate of drug-likeness (QED) is 0.836. The molecule has 2 fully saturated rings. The van der Waals surface area contributed by atoms with Crippen molar-refractivity contribution in [3.8, 4) is 11.5 Å². The van der Waals surface area contributed by atoms with Gasteiger partial charge in [0.15, 0.2) is 11.5 Å². The topological polar surface area (TPSA) is 63.3 Å². The zero-order chi connectivity index (χ0) is 18.4. The van der Waals surface area contributed by atoms with E-state index in [1.165, 1.54) is 12.8 Å². The molecule has 0 aromatic heterocycles. The van der Waals surface area contributed by atoms with Crippen molar-refractivity contribution in [2.75, 3.05) is 60.2 Å². The van der Waals surface area contributed by atoms with Crippen LogP contribution in [0.1, 0.15) is 24.4 Å². The van der Waals surface area contributed by atoms with E-state index >= 15 is 0 Å². The smallest absolute Gasteiger partial charge is 0.317 e. The van der Waals surface area contributed by atoms with Gasteiger partial charge in [-0.25, -0.2) is 4.79 Å². The highest BCUT2D eigenvalue weighted by molar-refractivity contribution is 5.74. The van der Waals surface area contributed by atoms with Gasteiger partial charge < -0.3 is 24.4 Å². The summed E-state index contributed by atoms with van der Waals surface area (Å²) in [5.74, 6) is 1.43. The number of nitrogens with zero attached hydrogens (tertiary/aromatic N) is 2. The van der Waals surface area contributed by atoms with Gasteiger partial charge in [0.1, 0.15) is 0 Å². The fraction of sp³-hybridized carbons (Fsp3) is 0.632. The average Bonchev–Trinajstić information content (AvgIpc) is 3.23. The van der Waals surface area contributed by atoms with Crippen molar-refractivity contribution in [2.24, 2.45) is 0 Å². The molecule has 2 heterocycles. The molecule has 1 aromatic rings. The summed E-state index contributed by atoms with van der Waals surface area (Å²) in [6.45, 7) is 5.19. The normalized spacial score (nSPS) is 19.2. The number of urea groups is 1. The lowest BCUT2D eigenvalue weighted by atomic mass is 10.0. The Morgan fingerprint density at radius 1 is 1.12 bits per heavy atom. The molecule has 2 amide bonds. The monoisotopic (exact) mass is 363 g/mol. The van der Waals surface area contributed by atoms with Gasteiger partial charge in [-0.15, -0.1) is 0 Å². The largest absolute Gasteiger partial charge is 0.493 e. The third-order valence-corrected chi connectivity index (χ3v) is 5.12. The zero-order valence-corrected chi connectivity index (χ0v) is 15.7. The fourth-order valence-electron chi connectivity index (χ4n) is 3.63. The van der Waals surface area contributed by atoms with Crippen LogP contribution in [0, 0.1) is 0 Å². The van der Waals surface area contributed by atoms with Crippen LogP contribution in [-0.2, 0) is 4.74 Å². The molecule has 2 saturated heterocycles. The predicted molar refractivity (Wildman–Crippen MR) is 98.9 cm³/mol. The minimum Gasteiger partial charge on any atom is -0.493 e. The number of amides is 2. The Morgan fingerprint density at radius 2 is 1.81 bits per heavy atom. The number of benzene rings is 1. The van der Waals surface area contributed by atoms with Crippen molar-refractivity contribution < 1.29 is 19.0 Å². The SMILES string of the molecule is COc1ccc(C(CNC(=O)N2CCOCC2)N2CCCC2)cc1OC. The van der Waals surface area contributed by atoms with Crippen molar-refractivity contribution in [2.45, 2.75) is 18.9 Å². The number of likely N-dealkylation sites (tertiary alicyclic amines) is 1. The van der Waals surface area contributed by atoms with Crippen molar-refractivity contribution in [1.29, 1.82) is 0 Å². The average molecular weight is 363 g/mol. The van der Waals surface area contributed by atoms with Gasteiger partial charge >= 0.3 is 6.03 Å². The molecule has 26 heavy (non-hydrogen) atoms. The number of ether oxygens (including phenoxy) is 3. The van der Waals surface area contributed by atoms with Crippen LogP contribution >= 0.6 is 0 Å². The summed E-state index contributed by atoms with van der Waals surface area (Å²) in [6, 6.07) is 6.12. The van der Waals surface area contributed by atoms with Gasteiger partial charge in [0.25, 0.3) is 0 Å². The lowest BCUT2D eigenvalue weighted by molar-refractivity contribution is 0.0527. The van der Waals surface area contributed by atoms with Gasteiger partial charge in [-0.05, 0) is 43.6 Å². The van der Waals surface area contributed by atoms with Crippen LogP contribution in [0.5, 0.6) is 11.5 Å². The third kappa shape index (κ3) is 4.40. The van der Waals surface area contributed by atoms with Crippen LogP contribution in [0.4, 0.5) is 4.79 Å². The molecule has 7 nitrogen and oxygen atoms in total. The molecule has 0 saturated carbocycles. The van der Waals surface area contributed by atoms with Crippen LogP contribution in [0.2, 0.25) is 0 Å². The molecule has 0 radical (unpaired) electrons. The summed E-state index contributed by atoms with van der Waals surface area (Å²) in [4.78, 5) is 16.7. The number of methoxy groups -OCH3 is 2. The minimum atomic E-state index is -0.0158. The first-order chi connectivity index (χ1) is 12.7. The molecular formula is C19H29N3O4. The standard InChI is InChI=1S/C19H29N3O4/c1-24-17-6-5-15(13-18(17)25-2)16(21-7-3-4-8-21)14-20-19(23)22-9-11-26-12-10-22/h5-6,13,16H,3-4,7-12,14H2,1-2H3,(H,20,23). The Morgan fingerprint density at radius 3 is 2.46 bits per heavy atom. The maximum atomic E-state index is 12.5. The molecule has 2 aliphatic heterocycles. The summed E-state index contributed by atoms with van der Waals surface area (Å²) in [5, 5.41) is 3.11. The van der Waals surface area contributed by atoms with Crippen LogP contribution < -0.4 is 14.8 Å². The first kappa shape index (κ1) is 18.8. The second kappa shape index (κ2) is 9.09. The summed E-state index contributed by atoms with van der Waals surface area (Å²) >= 11 is 0. The Bertz CT molecular complexity index is 598. The van der Waals surface area contributed by atoms with Crippen molar-refractivity contribution in [3.63, 3.8) is 0 Å². The van der Waals surface area contributed by atoms with E-state index in [9.17, 15) is 4.79 Å². The number of rotatable bonds is 6. The van der Waals surface area contributed by atoms with Crippen LogP contribution in [0.3, 0.4) is 0 Å². The number of carbonyl (C=O) groups excluding carboxylic acids is 1. The van der Waals surface area contributed by atoms with Gasteiger partial charge in [-0.2, -0.15) is 0 Å². The lowest BCUT2D eigenvalue weighted by Gasteiger charge is -2.31. The van der Waals surface area contributed by atoms with Crippen LogP contribution in [-0.4, -0.2) is 76.0 Å². The van der Waals surface area contributed by atoms with Crippen molar-refractivity contribution in [3.05, 3.63) is 23.8 Å². The highest BCUT2D eigenvalue weighted by atomic mass is 16.5. The number of hydrogen-bond acceptors (Lipinski definition) is 5.